The van der Waals surface area contributed by atoms with Gasteiger partial charge in [0.15, 0.2) is 8.32 Å². The van der Waals surface area contributed by atoms with E-state index in [4.69, 9.17) is 13.9 Å². The van der Waals surface area contributed by atoms with E-state index in [2.05, 4.69) is 52.9 Å². The molecule has 2 rings (SSSR count). The zero-order valence-electron chi connectivity index (χ0n) is 21.6. The van der Waals surface area contributed by atoms with Crippen LogP contribution in [0.5, 0.6) is 0 Å². The summed E-state index contributed by atoms with van der Waals surface area (Å²) in [5, 5.41) is 0.269. The molecule has 0 amide bonds. The van der Waals surface area contributed by atoms with Crippen molar-refractivity contribution in [1.82, 2.24) is 0 Å². The first kappa shape index (κ1) is 28.3. The van der Waals surface area contributed by atoms with Crippen LogP contribution in [0.2, 0.25) is 18.1 Å². The number of rotatable bonds is 11. The predicted octanol–water partition coefficient (Wildman–Crippen LogP) is 7.21. The van der Waals surface area contributed by atoms with Crippen molar-refractivity contribution in [3.05, 3.63) is 48.0 Å². The fraction of sp³-hybridized carbons (Fsp3) is 0.667. The summed E-state index contributed by atoms with van der Waals surface area (Å²) in [6.45, 7) is 16.8. The van der Waals surface area contributed by atoms with E-state index in [1.54, 1.807) is 6.08 Å². The van der Waals surface area contributed by atoms with Gasteiger partial charge in [0.1, 0.15) is 6.29 Å². The molecule has 186 valence electrons. The molecule has 0 N–H and O–H groups in total. The van der Waals surface area contributed by atoms with Gasteiger partial charge in [0.25, 0.3) is 0 Å². The lowest BCUT2D eigenvalue weighted by molar-refractivity contribution is -0.186. The van der Waals surface area contributed by atoms with Gasteiger partial charge in [-0.25, -0.2) is 0 Å². The number of carbonyl (C=O) groups excluding carboxylic acids is 1. The minimum absolute atomic E-state index is 0.0865. The molecule has 0 spiro atoms. The third kappa shape index (κ3) is 9.69. The highest BCUT2D eigenvalue weighted by Crippen LogP contribution is 2.40. The topological polar surface area (TPSA) is 44.8 Å². The molecule has 1 fully saturated rings. The van der Waals surface area contributed by atoms with Crippen molar-refractivity contribution in [2.24, 2.45) is 11.8 Å². The minimum Gasteiger partial charge on any atom is -0.392 e. The molecule has 4 nitrogen and oxygen atoms in total. The van der Waals surface area contributed by atoms with E-state index in [1.807, 2.05) is 31.2 Å². The Hall–Kier alpha value is -0.923. The molecule has 1 heterocycles. The van der Waals surface area contributed by atoms with Gasteiger partial charge in [-0.3, -0.25) is 4.79 Å². The Morgan fingerprint density at radius 2 is 1.94 bits per heavy atom. The predicted molar refractivity (Wildman–Crippen MR) is 142 cm³/mol. The SMILES string of the molecule is CCSC(=O)/C=C/C[C@H]1CC(O[Si](C)(C)C(C)(C)C)O[C@@H]([C@H](C)COCc2ccccc2)C1. The van der Waals surface area contributed by atoms with Crippen molar-refractivity contribution >= 4 is 25.2 Å². The van der Waals surface area contributed by atoms with Crippen molar-refractivity contribution in [2.75, 3.05) is 12.4 Å². The zero-order valence-corrected chi connectivity index (χ0v) is 23.5. The number of hydrogen-bond acceptors (Lipinski definition) is 5. The Kier molecular flexibility index (Phi) is 11.4. The summed E-state index contributed by atoms with van der Waals surface area (Å²) in [6.07, 6.45) is 6.38. The van der Waals surface area contributed by atoms with Crippen LogP contribution in [0.1, 0.15) is 59.4 Å². The third-order valence-corrected chi connectivity index (χ3v) is 12.0. The molecule has 1 aromatic carbocycles. The van der Waals surface area contributed by atoms with E-state index in [0.29, 0.717) is 19.1 Å². The first-order valence-corrected chi connectivity index (χ1v) is 16.2. The van der Waals surface area contributed by atoms with Gasteiger partial charge in [0.05, 0.1) is 19.3 Å². The van der Waals surface area contributed by atoms with Gasteiger partial charge in [-0.05, 0) is 54.3 Å². The van der Waals surface area contributed by atoms with Crippen LogP contribution in [0.4, 0.5) is 0 Å². The van der Waals surface area contributed by atoms with Gasteiger partial charge < -0.3 is 13.9 Å². The number of benzene rings is 1. The van der Waals surface area contributed by atoms with E-state index in [-0.39, 0.29) is 28.5 Å². The molecule has 6 heteroatoms. The molecule has 0 radical (unpaired) electrons. The van der Waals surface area contributed by atoms with Gasteiger partial charge in [0, 0.05) is 12.3 Å². The molecule has 0 bridgehead atoms. The second kappa shape index (κ2) is 13.2. The minimum atomic E-state index is -1.95. The van der Waals surface area contributed by atoms with Crippen LogP contribution < -0.4 is 0 Å². The van der Waals surface area contributed by atoms with Gasteiger partial charge in [-0.2, -0.15) is 0 Å². The van der Waals surface area contributed by atoms with E-state index >= 15 is 0 Å². The molecule has 4 atom stereocenters. The zero-order chi connectivity index (χ0) is 24.5. The van der Waals surface area contributed by atoms with E-state index < -0.39 is 8.32 Å². The fourth-order valence-corrected chi connectivity index (χ4v) is 5.37. The van der Waals surface area contributed by atoms with Gasteiger partial charge >= 0.3 is 0 Å². The highest BCUT2D eigenvalue weighted by atomic mass is 32.2. The standard InChI is InChI=1S/C27H44O4SSi/c1-8-32-25(28)16-12-15-23-17-24(21(2)19-29-20-22-13-10-9-11-14-22)30-26(18-23)31-33(6,7)27(3,4)5/h9-14,16,21,23-24,26H,8,15,17-20H2,1-7H3/b16-12+/t21-,23-,24-,26?/m1/s1. The first-order valence-electron chi connectivity index (χ1n) is 12.3. The monoisotopic (exact) mass is 492 g/mol. The summed E-state index contributed by atoms with van der Waals surface area (Å²) in [5.41, 5.74) is 1.19. The Morgan fingerprint density at radius 1 is 1.24 bits per heavy atom. The average Bonchev–Trinajstić information content (AvgIpc) is 2.73. The van der Waals surface area contributed by atoms with Crippen molar-refractivity contribution < 1.29 is 18.7 Å². The number of ether oxygens (including phenoxy) is 2. The van der Waals surface area contributed by atoms with Crippen LogP contribution in [-0.4, -0.2) is 38.2 Å². The summed E-state index contributed by atoms with van der Waals surface area (Å²) in [5.74, 6) is 1.51. The molecular weight excluding hydrogens is 448 g/mol. The van der Waals surface area contributed by atoms with Crippen LogP contribution in [0.3, 0.4) is 0 Å². The maximum Gasteiger partial charge on any atom is 0.211 e. The molecule has 1 unspecified atom stereocenters. The van der Waals surface area contributed by atoms with E-state index in [0.717, 1.165) is 25.0 Å². The maximum atomic E-state index is 11.9. The third-order valence-electron chi connectivity index (χ3n) is 6.79. The molecule has 1 aliphatic heterocycles. The van der Waals surface area contributed by atoms with Gasteiger partial charge in [-0.1, -0.05) is 82.8 Å². The molecule has 33 heavy (non-hydrogen) atoms. The largest absolute Gasteiger partial charge is 0.392 e. The van der Waals surface area contributed by atoms with Gasteiger partial charge in [-0.15, -0.1) is 0 Å². The normalized spacial score (nSPS) is 23.1. The summed E-state index contributed by atoms with van der Waals surface area (Å²) in [4.78, 5) is 11.9. The smallest absolute Gasteiger partial charge is 0.211 e. The molecule has 0 saturated carbocycles. The number of hydrogen-bond donors (Lipinski definition) is 0. The van der Waals surface area contributed by atoms with Gasteiger partial charge in [0.2, 0.25) is 5.12 Å². The highest BCUT2D eigenvalue weighted by molar-refractivity contribution is 8.14. The summed E-state index contributed by atoms with van der Waals surface area (Å²) < 4.78 is 19.2. The lowest BCUT2D eigenvalue weighted by atomic mass is 9.87. The average molecular weight is 493 g/mol. The van der Waals surface area contributed by atoms with Crippen molar-refractivity contribution in [2.45, 2.75) is 91.0 Å². The second-order valence-corrected chi connectivity index (χ2v) is 16.7. The van der Waals surface area contributed by atoms with E-state index in [1.165, 1.54) is 17.3 Å². The first-order chi connectivity index (χ1) is 15.5. The maximum absolute atomic E-state index is 11.9. The van der Waals surface area contributed by atoms with Crippen LogP contribution in [0.15, 0.2) is 42.5 Å². The van der Waals surface area contributed by atoms with Crippen molar-refractivity contribution in [3.8, 4) is 0 Å². The Labute approximate surface area is 207 Å². The summed E-state index contributed by atoms with van der Waals surface area (Å²) in [7, 11) is -1.95. The quantitative estimate of drug-likeness (QED) is 0.241. The molecule has 0 aromatic heterocycles. The highest BCUT2D eigenvalue weighted by Gasteiger charge is 2.42. The lowest BCUT2D eigenvalue weighted by Crippen LogP contribution is -2.48. The molecule has 1 aliphatic rings. The Morgan fingerprint density at radius 3 is 2.58 bits per heavy atom. The van der Waals surface area contributed by atoms with E-state index in [9.17, 15) is 4.79 Å². The second-order valence-electron chi connectivity index (χ2n) is 10.7. The van der Waals surface area contributed by atoms with Crippen molar-refractivity contribution in [3.63, 3.8) is 0 Å². The molecule has 1 aromatic rings. The summed E-state index contributed by atoms with van der Waals surface area (Å²) >= 11 is 1.36. The number of allylic oxidation sites excluding steroid dienone is 1. The molecular formula is C27H44O4SSi. The van der Waals surface area contributed by atoms with Crippen LogP contribution >= 0.6 is 11.8 Å². The summed E-state index contributed by atoms with van der Waals surface area (Å²) in [6, 6.07) is 10.3. The molecule has 0 aliphatic carbocycles. The van der Waals surface area contributed by atoms with Crippen molar-refractivity contribution in [1.29, 1.82) is 0 Å². The van der Waals surface area contributed by atoms with Crippen LogP contribution in [0, 0.1) is 11.8 Å². The molecule has 1 saturated heterocycles. The number of carbonyl (C=O) groups is 1. The fourth-order valence-electron chi connectivity index (χ4n) is 3.73. The van der Waals surface area contributed by atoms with Crippen LogP contribution in [0.25, 0.3) is 0 Å². The Balaban J connectivity index is 2.00. The Bertz CT molecular complexity index is 744. The lowest BCUT2D eigenvalue weighted by Gasteiger charge is -2.44. The number of thioether (sulfide) groups is 1. The van der Waals surface area contributed by atoms with Crippen LogP contribution in [-0.2, 0) is 25.3 Å².